The van der Waals surface area contributed by atoms with Gasteiger partial charge in [-0.15, -0.1) is 0 Å². The van der Waals surface area contributed by atoms with E-state index in [4.69, 9.17) is 39.8 Å². The van der Waals surface area contributed by atoms with E-state index >= 15 is 0 Å². The lowest BCUT2D eigenvalue weighted by Gasteiger charge is -2.19. The van der Waals surface area contributed by atoms with Crippen molar-refractivity contribution in [3.05, 3.63) is 24.3 Å². The summed E-state index contributed by atoms with van der Waals surface area (Å²) in [5, 5.41) is 0. The lowest BCUT2D eigenvalue weighted by molar-refractivity contribution is -0.163. The molecule has 0 aliphatic carbocycles. The van der Waals surface area contributed by atoms with Gasteiger partial charge >= 0.3 is 12.1 Å². The molecular weight excluding hydrogens is 340 g/mol. The Morgan fingerprint density at radius 3 is 2.45 bits per heavy atom. The number of hydrogen-bond acceptors (Lipinski definition) is 4. The Bertz CT molecular complexity index is 471. The Kier molecular flexibility index (Phi) is 6.10. The van der Waals surface area contributed by atoms with Crippen LogP contribution in [-0.4, -0.2) is 23.0 Å². The lowest BCUT2D eigenvalue weighted by Crippen LogP contribution is -2.32. The Morgan fingerprint density at radius 2 is 1.90 bits per heavy atom. The summed E-state index contributed by atoms with van der Waals surface area (Å²) in [6, 6.07) is 5.21. The average molecular weight is 350 g/mol. The van der Waals surface area contributed by atoms with E-state index in [1.54, 1.807) is 0 Å². The van der Waals surface area contributed by atoms with Crippen LogP contribution in [0.1, 0.15) is 6.92 Å². The summed E-state index contributed by atoms with van der Waals surface area (Å²) in [6.07, 6.45) is -4.78. The molecule has 1 aromatic rings. The highest BCUT2D eigenvalue weighted by atomic mass is 35.5. The van der Waals surface area contributed by atoms with Gasteiger partial charge in [-0.3, -0.25) is 0 Å². The van der Waals surface area contributed by atoms with Crippen LogP contribution in [0.5, 0.6) is 11.5 Å². The van der Waals surface area contributed by atoms with Crippen molar-refractivity contribution in [2.24, 2.45) is 0 Å². The Labute approximate surface area is 128 Å². The van der Waals surface area contributed by atoms with Gasteiger partial charge in [-0.05, 0) is 19.1 Å². The van der Waals surface area contributed by atoms with Crippen LogP contribution < -0.4 is 9.47 Å². The molecular formula is C11H9Cl3F2O4. The molecule has 1 rings (SSSR count). The van der Waals surface area contributed by atoms with Crippen molar-refractivity contribution in [1.29, 1.82) is 0 Å². The summed E-state index contributed by atoms with van der Waals surface area (Å²) >= 11 is 15.1. The third kappa shape index (κ3) is 4.85. The summed E-state index contributed by atoms with van der Waals surface area (Å²) in [5.74, 6) is -0.955. The maximum absolute atomic E-state index is 13.2. The second kappa shape index (κ2) is 7.15. The molecule has 0 aromatic heterocycles. The number of carbonyl (C=O) groups excluding carboxylic acids is 1. The van der Waals surface area contributed by atoms with E-state index in [2.05, 4.69) is 9.03 Å². The van der Waals surface area contributed by atoms with Crippen LogP contribution in [0.4, 0.5) is 8.78 Å². The molecule has 0 amide bonds. The number of hydrogen-bond donors (Lipinski definition) is 0. The fourth-order valence-electron chi connectivity index (χ4n) is 1.13. The molecule has 0 saturated heterocycles. The predicted molar refractivity (Wildman–Crippen MR) is 69.5 cm³/mol. The minimum Gasteiger partial charge on any atom is -0.479 e. The van der Waals surface area contributed by atoms with Gasteiger partial charge in [0.05, 0.1) is 0 Å². The molecule has 0 saturated carbocycles. The number of rotatable bonds is 6. The van der Waals surface area contributed by atoms with Gasteiger partial charge in [-0.1, -0.05) is 29.3 Å². The highest BCUT2D eigenvalue weighted by Gasteiger charge is 2.40. The fourth-order valence-corrected chi connectivity index (χ4v) is 1.34. The zero-order valence-electron chi connectivity index (χ0n) is 9.99. The van der Waals surface area contributed by atoms with Crippen LogP contribution in [-0.2, 0) is 9.08 Å². The van der Waals surface area contributed by atoms with Gasteiger partial charge in [0.15, 0.2) is 6.10 Å². The van der Waals surface area contributed by atoms with Gasteiger partial charge in [-0.2, -0.15) is 8.78 Å². The molecule has 0 spiro atoms. The van der Waals surface area contributed by atoms with Crippen molar-refractivity contribution >= 4 is 41.0 Å². The van der Waals surface area contributed by atoms with Crippen molar-refractivity contribution in [3.63, 3.8) is 0 Å². The van der Waals surface area contributed by atoms with Gasteiger partial charge in [0.1, 0.15) is 23.4 Å². The van der Waals surface area contributed by atoms with Crippen LogP contribution in [0.3, 0.4) is 0 Å². The largest absolute Gasteiger partial charge is 0.479 e. The zero-order valence-corrected chi connectivity index (χ0v) is 12.3. The van der Waals surface area contributed by atoms with Gasteiger partial charge in [0.2, 0.25) is 4.84 Å². The molecule has 0 radical (unpaired) electrons. The molecule has 0 aliphatic heterocycles. The van der Waals surface area contributed by atoms with Gasteiger partial charge < -0.3 is 13.8 Å². The molecule has 112 valence electrons. The Morgan fingerprint density at radius 1 is 1.30 bits per heavy atom. The van der Waals surface area contributed by atoms with E-state index in [1.165, 1.54) is 25.1 Å². The highest BCUT2D eigenvalue weighted by Crippen LogP contribution is 2.31. The van der Waals surface area contributed by atoms with Crippen LogP contribution >= 0.6 is 35.1 Å². The number of alkyl halides is 4. The lowest BCUT2D eigenvalue weighted by atomic mass is 10.3. The van der Waals surface area contributed by atoms with Crippen LogP contribution in [0.2, 0.25) is 0 Å². The van der Waals surface area contributed by atoms with E-state index in [0.717, 1.165) is 6.07 Å². The first-order valence-corrected chi connectivity index (χ1v) is 6.38. The normalized spacial score (nSPS) is 12.9. The topological polar surface area (TPSA) is 44.8 Å². The molecule has 9 heteroatoms. The number of halogens is 5. The van der Waals surface area contributed by atoms with Gasteiger partial charge in [-0.25, -0.2) is 4.79 Å². The van der Waals surface area contributed by atoms with Crippen molar-refractivity contribution in [1.82, 2.24) is 0 Å². The molecule has 20 heavy (non-hydrogen) atoms. The molecule has 1 aromatic carbocycles. The first-order chi connectivity index (χ1) is 9.26. The fraction of sp³-hybridized carbons (Fsp3) is 0.364. The van der Waals surface area contributed by atoms with Crippen LogP contribution in [0.25, 0.3) is 0 Å². The third-order valence-electron chi connectivity index (χ3n) is 2.03. The monoisotopic (exact) mass is 348 g/mol. The van der Waals surface area contributed by atoms with Crippen molar-refractivity contribution < 1.29 is 27.3 Å². The minimum absolute atomic E-state index is 0.105. The molecule has 1 atom stereocenters. The number of benzene rings is 1. The number of carbonyl (C=O) groups is 1. The SMILES string of the molecule is CC(Oc1cccc(OC(F)(F)C(Cl)Cl)c1)C(=O)OCl. The maximum Gasteiger partial charge on any atom is 0.428 e. The standard InChI is InChI=1S/C11H9Cl3F2O4/c1-6(9(17)20-14)18-7-3-2-4-8(5-7)19-11(15,16)10(12)13/h2-6,10H,1H3. The minimum atomic E-state index is -3.76. The molecule has 1 unspecified atom stereocenters. The van der Waals surface area contributed by atoms with E-state index in [9.17, 15) is 13.6 Å². The van der Waals surface area contributed by atoms with E-state index in [-0.39, 0.29) is 11.5 Å². The first kappa shape index (κ1) is 17.1. The van der Waals surface area contributed by atoms with Gasteiger partial charge in [0, 0.05) is 6.07 Å². The third-order valence-corrected chi connectivity index (χ3v) is 2.69. The summed E-state index contributed by atoms with van der Waals surface area (Å²) in [7, 11) is 0. The molecule has 0 bridgehead atoms. The van der Waals surface area contributed by atoms with E-state index in [0.29, 0.717) is 0 Å². The van der Waals surface area contributed by atoms with E-state index < -0.39 is 23.0 Å². The summed E-state index contributed by atoms with van der Waals surface area (Å²) < 4.78 is 39.8. The van der Waals surface area contributed by atoms with Crippen molar-refractivity contribution in [2.45, 2.75) is 24.0 Å². The molecule has 0 fully saturated rings. The molecule has 0 aliphatic rings. The van der Waals surface area contributed by atoms with Crippen LogP contribution in [0, 0.1) is 0 Å². The van der Waals surface area contributed by atoms with E-state index in [1.807, 2.05) is 0 Å². The summed E-state index contributed by atoms with van der Waals surface area (Å²) in [4.78, 5) is 9.02. The summed E-state index contributed by atoms with van der Waals surface area (Å²) in [6.45, 7) is 1.38. The number of ether oxygens (including phenoxy) is 2. The zero-order chi connectivity index (χ0) is 15.3. The van der Waals surface area contributed by atoms with Crippen molar-refractivity contribution in [2.75, 3.05) is 0 Å². The van der Waals surface area contributed by atoms with Crippen molar-refractivity contribution in [3.8, 4) is 11.5 Å². The molecule has 0 N–H and O–H groups in total. The second-order valence-electron chi connectivity index (χ2n) is 3.60. The smallest absolute Gasteiger partial charge is 0.428 e. The molecule has 0 heterocycles. The highest BCUT2D eigenvalue weighted by molar-refractivity contribution is 6.44. The predicted octanol–water partition coefficient (Wildman–Crippen LogP) is 3.93. The van der Waals surface area contributed by atoms with Crippen LogP contribution in [0.15, 0.2) is 24.3 Å². The second-order valence-corrected chi connectivity index (χ2v) is 4.85. The molecule has 4 nitrogen and oxygen atoms in total. The van der Waals surface area contributed by atoms with Gasteiger partial charge in [0.25, 0.3) is 0 Å². The summed E-state index contributed by atoms with van der Waals surface area (Å²) in [5.41, 5.74) is 0. The first-order valence-electron chi connectivity index (χ1n) is 5.20. The quantitative estimate of drug-likeness (QED) is 0.730. The average Bonchev–Trinajstić information content (AvgIpc) is 2.37. The Hall–Kier alpha value is -0.980. The maximum atomic E-state index is 13.2. The Balaban J connectivity index is 2.78.